The van der Waals surface area contributed by atoms with Gasteiger partial charge in [0.15, 0.2) is 0 Å². The Bertz CT molecular complexity index is 919. The molecule has 6 heteroatoms. The number of aromatic nitrogens is 2. The lowest BCUT2D eigenvalue weighted by Gasteiger charge is -2.18. The molecule has 29 heavy (non-hydrogen) atoms. The van der Waals surface area contributed by atoms with E-state index in [1.54, 1.807) is 6.33 Å². The smallest absolute Gasteiger partial charge is 0.135 e. The van der Waals surface area contributed by atoms with E-state index in [1.807, 2.05) is 44.2 Å². The average molecular weight is 390 g/mol. The normalized spacial score (nSPS) is 13.6. The van der Waals surface area contributed by atoms with Gasteiger partial charge in [-0.1, -0.05) is 0 Å². The Morgan fingerprint density at radius 1 is 0.828 bits per heavy atom. The van der Waals surface area contributed by atoms with Crippen LogP contribution in [-0.2, 0) is 0 Å². The summed E-state index contributed by atoms with van der Waals surface area (Å²) in [7, 11) is 0. The lowest BCUT2D eigenvalue weighted by molar-refractivity contribution is 0.242. The van der Waals surface area contributed by atoms with Crippen molar-refractivity contribution in [3.05, 3.63) is 60.9 Å². The molecule has 1 aliphatic rings. The molecule has 0 radical (unpaired) electrons. The van der Waals surface area contributed by atoms with Crippen molar-refractivity contribution in [3.8, 4) is 5.75 Å². The maximum Gasteiger partial charge on any atom is 0.135 e. The number of hydrogen-bond donors (Lipinski definition) is 2. The summed E-state index contributed by atoms with van der Waals surface area (Å²) in [5.74, 6) is 2.33. The molecule has 1 fully saturated rings. The fourth-order valence-electron chi connectivity index (χ4n) is 3.41. The van der Waals surface area contributed by atoms with Gasteiger partial charge in [0.25, 0.3) is 0 Å². The first-order valence-electron chi connectivity index (χ1n) is 10.1. The van der Waals surface area contributed by atoms with Crippen molar-refractivity contribution < 1.29 is 4.74 Å². The largest absolute Gasteiger partial charge is 0.491 e. The summed E-state index contributed by atoms with van der Waals surface area (Å²) >= 11 is 0. The monoisotopic (exact) mass is 389 g/mol. The van der Waals surface area contributed by atoms with Crippen LogP contribution in [-0.4, -0.2) is 29.2 Å². The Morgan fingerprint density at radius 2 is 1.38 bits per heavy atom. The summed E-state index contributed by atoms with van der Waals surface area (Å²) in [5.41, 5.74) is 3.23. The number of hydrogen-bond acceptors (Lipinski definition) is 6. The van der Waals surface area contributed by atoms with Crippen LogP contribution >= 0.6 is 0 Å². The molecule has 0 amide bonds. The highest BCUT2D eigenvalue weighted by molar-refractivity contribution is 5.65. The molecule has 0 aliphatic carbocycles. The summed E-state index contributed by atoms with van der Waals surface area (Å²) in [6, 6.07) is 18.3. The zero-order valence-electron chi connectivity index (χ0n) is 16.9. The number of benzene rings is 2. The molecular weight excluding hydrogens is 362 g/mol. The molecule has 0 unspecified atom stereocenters. The quantitative estimate of drug-likeness (QED) is 0.568. The fraction of sp³-hybridized carbons (Fsp3) is 0.304. The SMILES string of the molecule is CC(C)Oc1ccc(Nc2cc(Nc3ccc(N4CCCC4)cc3)ncn2)cc1. The Hall–Kier alpha value is -3.28. The maximum absolute atomic E-state index is 5.68. The first-order chi connectivity index (χ1) is 14.2. The molecule has 1 aromatic heterocycles. The van der Waals surface area contributed by atoms with E-state index < -0.39 is 0 Å². The number of anilines is 5. The summed E-state index contributed by atoms with van der Waals surface area (Å²) in [6.45, 7) is 6.33. The van der Waals surface area contributed by atoms with Crippen LogP contribution < -0.4 is 20.3 Å². The van der Waals surface area contributed by atoms with Gasteiger partial charge >= 0.3 is 0 Å². The highest BCUT2D eigenvalue weighted by atomic mass is 16.5. The Balaban J connectivity index is 1.39. The molecular formula is C23H27N5O. The predicted octanol–water partition coefficient (Wildman–Crippen LogP) is 5.35. The average Bonchev–Trinajstić information content (AvgIpc) is 3.25. The van der Waals surface area contributed by atoms with Crippen molar-refractivity contribution in [1.82, 2.24) is 9.97 Å². The van der Waals surface area contributed by atoms with Crippen molar-refractivity contribution in [2.24, 2.45) is 0 Å². The third kappa shape index (κ3) is 5.16. The molecule has 1 aliphatic heterocycles. The zero-order chi connectivity index (χ0) is 20.1. The predicted molar refractivity (Wildman–Crippen MR) is 119 cm³/mol. The van der Waals surface area contributed by atoms with Crippen LogP contribution in [0.3, 0.4) is 0 Å². The topological polar surface area (TPSA) is 62.3 Å². The third-order valence-electron chi connectivity index (χ3n) is 4.78. The van der Waals surface area contributed by atoms with Gasteiger partial charge in [0, 0.05) is 36.2 Å². The fourth-order valence-corrected chi connectivity index (χ4v) is 3.41. The minimum atomic E-state index is 0.161. The van der Waals surface area contributed by atoms with Crippen molar-refractivity contribution >= 4 is 28.7 Å². The van der Waals surface area contributed by atoms with Gasteiger partial charge in [-0.25, -0.2) is 9.97 Å². The first kappa shape index (κ1) is 19.1. The van der Waals surface area contributed by atoms with E-state index in [0.717, 1.165) is 41.8 Å². The molecule has 0 atom stereocenters. The van der Waals surface area contributed by atoms with Gasteiger partial charge in [-0.15, -0.1) is 0 Å². The van der Waals surface area contributed by atoms with Crippen LogP contribution in [0.5, 0.6) is 5.75 Å². The van der Waals surface area contributed by atoms with Gasteiger partial charge < -0.3 is 20.3 Å². The number of nitrogens with zero attached hydrogens (tertiary/aromatic N) is 3. The van der Waals surface area contributed by atoms with E-state index in [1.165, 1.54) is 18.5 Å². The van der Waals surface area contributed by atoms with Gasteiger partial charge in [-0.2, -0.15) is 0 Å². The standard InChI is InChI=1S/C23H27N5O/c1-17(2)29-21-11-7-19(8-12-21)27-23-15-22(24-16-25-23)26-18-5-9-20(10-6-18)28-13-3-4-14-28/h5-12,15-17H,3-4,13-14H2,1-2H3,(H2,24,25,26,27). The molecule has 0 spiro atoms. The van der Waals surface area contributed by atoms with Crippen molar-refractivity contribution in [1.29, 1.82) is 0 Å². The Labute approximate surface area is 172 Å². The second-order valence-corrected chi connectivity index (χ2v) is 7.47. The van der Waals surface area contributed by atoms with Gasteiger partial charge in [0.2, 0.25) is 0 Å². The van der Waals surface area contributed by atoms with Gasteiger partial charge in [-0.3, -0.25) is 0 Å². The van der Waals surface area contributed by atoms with Crippen LogP contribution in [0.15, 0.2) is 60.9 Å². The maximum atomic E-state index is 5.68. The van der Waals surface area contributed by atoms with E-state index in [2.05, 4.69) is 49.8 Å². The molecule has 0 bridgehead atoms. The molecule has 2 heterocycles. The van der Waals surface area contributed by atoms with Crippen LogP contribution in [0.1, 0.15) is 26.7 Å². The Morgan fingerprint density at radius 3 is 1.93 bits per heavy atom. The first-order valence-corrected chi connectivity index (χ1v) is 10.1. The number of ether oxygens (including phenoxy) is 1. The van der Waals surface area contributed by atoms with Crippen LogP contribution in [0.2, 0.25) is 0 Å². The third-order valence-corrected chi connectivity index (χ3v) is 4.78. The summed E-state index contributed by atoms with van der Waals surface area (Å²) in [4.78, 5) is 11.1. The minimum absolute atomic E-state index is 0.161. The molecule has 3 aromatic rings. The van der Waals surface area contributed by atoms with Crippen LogP contribution in [0.25, 0.3) is 0 Å². The highest BCUT2D eigenvalue weighted by Crippen LogP contribution is 2.25. The van der Waals surface area contributed by atoms with Gasteiger partial charge in [0.1, 0.15) is 23.7 Å². The van der Waals surface area contributed by atoms with Crippen molar-refractivity contribution in [2.75, 3.05) is 28.6 Å². The molecule has 2 N–H and O–H groups in total. The molecule has 1 saturated heterocycles. The van der Waals surface area contributed by atoms with Crippen LogP contribution in [0, 0.1) is 0 Å². The van der Waals surface area contributed by atoms with E-state index in [4.69, 9.17) is 4.74 Å². The molecule has 0 saturated carbocycles. The molecule has 4 rings (SSSR count). The summed E-state index contributed by atoms with van der Waals surface area (Å²) in [6.07, 6.45) is 4.28. The summed E-state index contributed by atoms with van der Waals surface area (Å²) in [5, 5.41) is 6.65. The van der Waals surface area contributed by atoms with E-state index in [-0.39, 0.29) is 6.10 Å². The minimum Gasteiger partial charge on any atom is -0.491 e. The second kappa shape index (κ2) is 8.82. The van der Waals surface area contributed by atoms with E-state index in [9.17, 15) is 0 Å². The van der Waals surface area contributed by atoms with Gasteiger partial charge in [0.05, 0.1) is 6.10 Å². The number of nitrogens with one attached hydrogen (secondary N) is 2. The lowest BCUT2D eigenvalue weighted by atomic mass is 10.2. The van der Waals surface area contributed by atoms with Gasteiger partial charge in [-0.05, 0) is 75.2 Å². The zero-order valence-corrected chi connectivity index (χ0v) is 16.9. The van der Waals surface area contributed by atoms with E-state index >= 15 is 0 Å². The van der Waals surface area contributed by atoms with Crippen molar-refractivity contribution in [2.45, 2.75) is 32.8 Å². The molecule has 6 nitrogen and oxygen atoms in total. The molecule has 2 aromatic carbocycles. The highest BCUT2D eigenvalue weighted by Gasteiger charge is 2.11. The Kier molecular flexibility index (Phi) is 5.79. The molecule has 150 valence electrons. The lowest BCUT2D eigenvalue weighted by Crippen LogP contribution is -2.17. The summed E-state index contributed by atoms with van der Waals surface area (Å²) < 4.78 is 5.68. The number of rotatable bonds is 7. The second-order valence-electron chi connectivity index (χ2n) is 7.47. The van der Waals surface area contributed by atoms with E-state index in [0.29, 0.717) is 0 Å². The van der Waals surface area contributed by atoms with Crippen molar-refractivity contribution in [3.63, 3.8) is 0 Å². The van der Waals surface area contributed by atoms with Crippen LogP contribution in [0.4, 0.5) is 28.7 Å².